The van der Waals surface area contributed by atoms with E-state index in [0.29, 0.717) is 0 Å². The Morgan fingerprint density at radius 2 is 1.75 bits per heavy atom. The highest BCUT2D eigenvalue weighted by Gasteiger charge is 2.19. The van der Waals surface area contributed by atoms with Crippen molar-refractivity contribution in [1.29, 1.82) is 0 Å². The molecule has 2 aromatic carbocycles. The van der Waals surface area contributed by atoms with Gasteiger partial charge in [0.25, 0.3) is 0 Å². The lowest BCUT2D eigenvalue weighted by molar-refractivity contribution is 0.254. The Bertz CT molecular complexity index is 576. The van der Waals surface area contributed by atoms with Crippen LogP contribution in [0.15, 0.2) is 48.5 Å². The first-order chi connectivity index (χ1) is 9.72. The van der Waals surface area contributed by atoms with Crippen molar-refractivity contribution in [1.82, 2.24) is 4.90 Å². The van der Waals surface area contributed by atoms with Crippen LogP contribution in [-0.4, -0.2) is 18.0 Å². The fourth-order valence-electron chi connectivity index (χ4n) is 2.82. The molecule has 1 nitrogen and oxygen atoms in total. The topological polar surface area (TPSA) is 3.24 Å². The third-order valence-corrected chi connectivity index (χ3v) is 4.46. The Hall–Kier alpha value is -1.31. The normalized spacial score (nSPS) is 16.7. The van der Waals surface area contributed by atoms with E-state index in [0.717, 1.165) is 26.1 Å². The molecule has 3 rings (SSSR count). The fourth-order valence-corrected chi connectivity index (χ4v) is 3.16. The van der Waals surface area contributed by atoms with Crippen molar-refractivity contribution in [3.63, 3.8) is 0 Å². The molecule has 0 aromatic heterocycles. The van der Waals surface area contributed by atoms with E-state index < -0.39 is 0 Å². The van der Waals surface area contributed by atoms with E-state index in [-0.39, 0.29) is 5.38 Å². The molecule has 0 radical (unpaired) electrons. The van der Waals surface area contributed by atoms with E-state index in [4.69, 9.17) is 11.6 Å². The number of halogens is 1. The number of hydrogen-bond acceptors (Lipinski definition) is 1. The molecule has 0 saturated carbocycles. The zero-order chi connectivity index (χ0) is 13.9. The second-order valence-corrected chi connectivity index (χ2v) is 6.16. The molecule has 1 heterocycles. The third-order valence-electron chi connectivity index (χ3n) is 4.07. The molecule has 0 fully saturated rings. The molecule has 1 atom stereocenters. The van der Waals surface area contributed by atoms with Gasteiger partial charge in [-0.2, -0.15) is 0 Å². The Morgan fingerprint density at radius 3 is 2.50 bits per heavy atom. The number of nitrogens with zero attached hydrogens (tertiary/aromatic N) is 1. The van der Waals surface area contributed by atoms with Crippen molar-refractivity contribution in [2.75, 3.05) is 13.1 Å². The monoisotopic (exact) mass is 285 g/mol. The summed E-state index contributed by atoms with van der Waals surface area (Å²) in [6.45, 7) is 5.14. The highest BCUT2D eigenvalue weighted by molar-refractivity contribution is 6.21. The number of fused-ring (bicyclic) bond motifs is 1. The van der Waals surface area contributed by atoms with E-state index in [2.05, 4.69) is 60.4 Å². The van der Waals surface area contributed by atoms with Gasteiger partial charge in [0.05, 0.1) is 5.38 Å². The maximum atomic E-state index is 6.58. The third kappa shape index (κ3) is 3.05. The minimum absolute atomic E-state index is 0.0702. The molecule has 0 amide bonds. The van der Waals surface area contributed by atoms with Crippen LogP contribution in [0.2, 0.25) is 0 Å². The van der Waals surface area contributed by atoms with Crippen LogP contribution in [-0.2, 0) is 13.0 Å². The summed E-state index contributed by atoms with van der Waals surface area (Å²) in [6.07, 6.45) is 1.13. The zero-order valence-electron chi connectivity index (χ0n) is 11.8. The van der Waals surface area contributed by atoms with Crippen LogP contribution >= 0.6 is 11.6 Å². The fraction of sp³-hybridized carbons (Fsp3) is 0.333. The summed E-state index contributed by atoms with van der Waals surface area (Å²) in [6, 6.07) is 17.3. The zero-order valence-corrected chi connectivity index (χ0v) is 12.6. The predicted octanol–water partition coefficient (Wildman–Crippen LogP) is 4.33. The van der Waals surface area contributed by atoms with E-state index in [9.17, 15) is 0 Å². The molecule has 1 aliphatic rings. The molecule has 104 valence electrons. The first kappa shape index (κ1) is 13.7. The van der Waals surface area contributed by atoms with Gasteiger partial charge in [-0.3, -0.25) is 4.90 Å². The minimum atomic E-state index is 0.0702. The number of hydrogen-bond donors (Lipinski definition) is 0. The van der Waals surface area contributed by atoms with E-state index >= 15 is 0 Å². The largest absolute Gasteiger partial charge is 0.297 e. The molecular formula is C18H20ClN. The first-order valence-corrected chi connectivity index (χ1v) is 7.66. The van der Waals surface area contributed by atoms with Gasteiger partial charge < -0.3 is 0 Å². The SMILES string of the molecule is Cc1ccc(C(Cl)CN2CCc3ccccc3C2)cc1. The molecule has 0 N–H and O–H groups in total. The lowest BCUT2D eigenvalue weighted by Gasteiger charge is -2.30. The summed E-state index contributed by atoms with van der Waals surface area (Å²) in [7, 11) is 0. The molecule has 2 aromatic rings. The predicted molar refractivity (Wildman–Crippen MR) is 85.2 cm³/mol. The Balaban J connectivity index is 1.66. The Labute approximate surface area is 126 Å². The molecule has 1 aliphatic heterocycles. The number of benzene rings is 2. The summed E-state index contributed by atoms with van der Waals surface area (Å²) in [5.74, 6) is 0. The van der Waals surface area contributed by atoms with Crippen molar-refractivity contribution in [3.8, 4) is 0 Å². The smallest absolute Gasteiger partial charge is 0.0712 e. The molecule has 1 unspecified atom stereocenters. The van der Waals surface area contributed by atoms with Gasteiger partial charge in [0, 0.05) is 19.6 Å². The van der Waals surface area contributed by atoms with Gasteiger partial charge in [-0.15, -0.1) is 11.6 Å². The van der Waals surface area contributed by atoms with Crippen LogP contribution in [0.4, 0.5) is 0 Å². The number of rotatable bonds is 3. The van der Waals surface area contributed by atoms with Crippen molar-refractivity contribution in [2.24, 2.45) is 0 Å². The van der Waals surface area contributed by atoms with E-state index in [1.807, 2.05) is 0 Å². The standard InChI is InChI=1S/C18H20ClN/c1-14-6-8-16(9-7-14)18(19)13-20-11-10-15-4-2-3-5-17(15)12-20/h2-9,18H,10-13H2,1H3. The second-order valence-electron chi connectivity index (χ2n) is 5.63. The van der Waals surface area contributed by atoms with Crippen LogP contribution in [0, 0.1) is 6.92 Å². The maximum Gasteiger partial charge on any atom is 0.0712 e. The lowest BCUT2D eigenvalue weighted by atomic mass is 9.99. The van der Waals surface area contributed by atoms with Crippen LogP contribution in [0.3, 0.4) is 0 Å². The van der Waals surface area contributed by atoms with Gasteiger partial charge in [-0.1, -0.05) is 54.1 Å². The number of aryl methyl sites for hydroxylation is 1. The van der Waals surface area contributed by atoms with Crippen molar-refractivity contribution >= 4 is 11.6 Å². The maximum absolute atomic E-state index is 6.58. The van der Waals surface area contributed by atoms with Crippen LogP contribution < -0.4 is 0 Å². The lowest BCUT2D eigenvalue weighted by Crippen LogP contribution is -2.32. The van der Waals surface area contributed by atoms with Gasteiger partial charge in [-0.05, 0) is 30.0 Å². The van der Waals surface area contributed by atoms with Gasteiger partial charge in [0.1, 0.15) is 0 Å². The Kier molecular flexibility index (Phi) is 4.09. The number of alkyl halides is 1. The van der Waals surface area contributed by atoms with Gasteiger partial charge in [0.2, 0.25) is 0 Å². The highest BCUT2D eigenvalue weighted by Crippen LogP contribution is 2.25. The van der Waals surface area contributed by atoms with Gasteiger partial charge >= 0.3 is 0 Å². The second kappa shape index (κ2) is 5.99. The van der Waals surface area contributed by atoms with Gasteiger partial charge in [-0.25, -0.2) is 0 Å². The van der Waals surface area contributed by atoms with Crippen LogP contribution in [0.25, 0.3) is 0 Å². The van der Waals surface area contributed by atoms with Crippen molar-refractivity contribution < 1.29 is 0 Å². The molecule has 2 heteroatoms. The average molecular weight is 286 g/mol. The summed E-state index contributed by atoms with van der Waals surface area (Å²) in [5, 5.41) is 0.0702. The van der Waals surface area contributed by atoms with Crippen molar-refractivity contribution in [2.45, 2.75) is 25.3 Å². The molecule has 20 heavy (non-hydrogen) atoms. The van der Waals surface area contributed by atoms with Crippen LogP contribution in [0.5, 0.6) is 0 Å². The first-order valence-electron chi connectivity index (χ1n) is 7.22. The molecule has 0 aliphatic carbocycles. The Morgan fingerprint density at radius 1 is 1.05 bits per heavy atom. The molecule has 0 spiro atoms. The van der Waals surface area contributed by atoms with E-state index in [1.165, 1.54) is 22.3 Å². The highest BCUT2D eigenvalue weighted by atomic mass is 35.5. The summed E-state index contributed by atoms with van der Waals surface area (Å²) in [5.41, 5.74) is 5.44. The summed E-state index contributed by atoms with van der Waals surface area (Å²) in [4.78, 5) is 2.46. The quantitative estimate of drug-likeness (QED) is 0.759. The van der Waals surface area contributed by atoms with Crippen molar-refractivity contribution in [3.05, 3.63) is 70.8 Å². The van der Waals surface area contributed by atoms with Crippen LogP contribution in [0.1, 0.15) is 27.6 Å². The molecular weight excluding hydrogens is 266 g/mol. The minimum Gasteiger partial charge on any atom is -0.297 e. The molecule has 0 saturated heterocycles. The average Bonchev–Trinajstić information content (AvgIpc) is 2.48. The summed E-state index contributed by atoms with van der Waals surface area (Å²) >= 11 is 6.58. The van der Waals surface area contributed by atoms with Gasteiger partial charge in [0.15, 0.2) is 0 Å². The molecule has 0 bridgehead atoms. The van der Waals surface area contributed by atoms with E-state index in [1.54, 1.807) is 0 Å². The summed E-state index contributed by atoms with van der Waals surface area (Å²) < 4.78 is 0.